The summed E-state index contributed by atoms with van der Waals surface area (Å²) in [4.78, 5) is 8.05. The van der Waals surface area contributed by atoms with Crippen LogP contribution in [-0.4, -0.2) is 27.2 Å². The zero-order chi connectivity index (χ0) is 13.1. The number of hydrogen-bond donors (Lipinski definition) is 3. The molecule has 5 heteroatoms. The Morgan fingerprint density at radius 1 is 1.47 bits per heavy atom. The molecule has 1 aromatic heterocycles. The predicted molar refractivity (Wildman–Crippen MR) is 69.7 cm³/mol. The highest BCUT2D eigenvalue weighted by atomic mass is 16.3. The maximum absolute atomic E-state index is 10.1. The molecule has 17 heavy (non-hydrogen) atoms. The number of nitrogens with zero attached hydrogens (tertiary/aromatic N) is 2. The van der Waals surface area contributed by atoms with Crippen LogP contribution in [0, 0.1) is 12.8 Å². The summed E-state index contributed by atoms with van der Waals surface area (Å²) in [6.45, 7) is 8.29. The molecule has 1 rings (SSSR count). The van der Waals surface area contributed by atoms with Crippen LogP contribution in [0.3, 0.4) is 0 Å². The Labute approximate surface area is 102 Å². The molecule has 0 aromatic carbocycles. The summed E-state index contributed by atoms with van der Waals surface area (Å²) in [5.74, 6) is 1.35. The van der Waals surface area contributed by atoms with E-state index >= 15 is 0 Å². The van der Waals surface area contributed by atoms with E-state index in [2.05, 4.69) is 29.1 Å². The average Bonchev–Trinajstić information content (AvgIpc) is 2.11. The van der Waals surface area contributed by atoms with Gasteiger partial charge in [0.2, 0.25) is 5.95 Å². The fraction of sp³-hybridized carbons (Fsp3) is 0.667. The zero-order valence-corrected chi connectivity index (χ0v) is 11.0. The number of nitrogens with two attached hydrogens (primary N) is 1. The maximum Gasteiger partial charge on any atom is 0.222 e. The van der Waals surface area contributed by atoms with Crippen LogP contribution in [0.1, 0.15) is 32.9 Å². The molecule has 0 aliphatic carbocycles. The van der Waals surface area contributed by atoms with E-state index in [0.717, 1.165) is 12.1 Å². The van der Waals surface area contributed by atoms with Gasteiger partial charge in [0.25, 0.3) is 0 Å². The van der Waals surface area contributed by atoms with Crippen LogP contribution in [0.15, 0.2) is 6.07 Å². The number of rotatable bonds is 5. The molecule has 1 unspecified atom stereocenters. The van der Waals surface area contributed by atoms with Crippen molar-refractivity contribution < 1.29 is 5.11 Å². The van der Waals surface area contributed by atoms with Crippen molar-refractivity contribution in [3.05, 3.63) is 11.8 Å². The smallest absolute Gasteiger partial charge is 0.222 e. The molecule has 1 heterocycles. The first kappa shape index (κ1) is 13.7. The van der Waals surface area contributed by atoms with Gasteiger partial charge in [0, 0.05) is 18.3 Å². The van der Waals surface area contributed by atoms with Gasteiger partial charge in [-0.15, -0.1) is 0 Å². The van der Waals surface area contributed by atoms with Crippen molar-refractivity contribution in [3.8, 4) is 0 Å². The minimum absolute atomic E-state index is 0.246. The van der Waals surface area contributed by atoms with E-state index in [4.69, 9.17) is 5.73 Å². The molecule has 0 fully saturated rings. The lowest BCUT2D eigenvalue weighted by Gasteiger charge is -2.25. The van der Waals surface area contributed by atoms with Gasteiger partial charge in [0.05, 0.1) is 5.60 Å². The van der Waals surface area contributed by atoms with Crippen LogP contribution in [-0.2, 0) is 0 Å². The fourth-order valence-corrected chi connectivity index (χ4v) is 1.91. The van der Waals surface area contributed by atoms with E-state index in [1.807, 2.05) is 19.9 Å². The largest absolute Gasteiger partial charge is 0.388 e. The number of aliphatic hydroxyl groups is 1. The molecule has 1 aromatic rings. The van der Waals surface area contributed by atoms with E-state index in [1.165, 1.54) is 0 Å². The highest BCUT2D eigenvalue weighted by Crippen LogP contribution is 2.17. The summed E-state index contributed by atoms with van der Waals surface area (Å²) >= 11 is 0. The third-order valence-electron chi connectivity index (χ3n) is 2.37. The molecule has 0 saturated carbocycles. The van der Waals surface area contributed by atoms with Gasteiger partial charge in [-0.3, -0.25) is 0 Å². The Morgan fingerprint density at radius 3 is 2.65 bits per heavy atom. The quantitative estimate of drug-likeness (QED) is 0.725. The van der Waals surface area contributed by atoms with Crippen LogP contribution >= 0.6 is 0 Å². The normalized spacial score (nSPS) is 14.7. The summed E-state index contributed by atoms with van der Waals surface area (Å²) in [5, 5.41) is 13.2. The van der Waals surface area contributed by atoms with Gasteiger partial charge in [0.1, 0.15) is 5.82 Å². The Morgan fingerprint density at radius 2 is 2.12 bits per heavy atom. The van der Waals surface area contributed by atoms with Gasteiger partial charge in [-0.05, 0) is 26.2 Å². The fourth-order valence-electron chi connectivity index (χ4n) is 1.91. The summed E-state index contributed by atoms with van der Waals surface area (Å²) in [6.07, 6.45) is 0.736. The van der Waals surface area contributed by atoms with Crippen molar-refractivity contribution in [2.45, 2.75) is 39.7 Å². The zero-order valence-electron chi connectivity index (χ0n) is 11.0. The van der Waals surface area contributed by atoms with Crippen LogP contribution in [0.25, 0.3) is 0 Å². The third-order valence-corrected chi connectivity index (χ3v) is 2.37. The van der Waals surface area contributed by atoms with Crippen LogP contribution in [0.4, 0.5) is 11.8 Å². The molecule has 0 aliphatic heterocycles. The Bertz CT molecular complexity index is 357. The van der Waals surface area contributed by atoms with E-state index in [0.29, 0.717) is 18.3 Å². The summed E-state index contributed by atoms with van der Waals surface area (Å²) in [7, 11) is 0. The molecular formula is C12H22N4O. The number of aryl methyl sites for hydroxylation is 1. The van der Waals surface area contributed by atoms with Crippen molar-refractivity contribution in [3.63, 3.8) is 0 Å². The third kappa shape index (κ3) is 4.99. The first-order valence-corrected chi connectivity index (χ1v) is 5.86. The van der Waals surface area contributed by atoms with Crippen molar-refractivity contribution in [1.29, 1.82) is 0 Å². The molecule has 5 nitrogen and oxygen atoms in total. The highest BCUT2D eigenvalue weighted by molar-refractivity contribution is 5.40. The maximum atomic E-state index is 10.1. The molecule has 0 spiro atoms. The van der Waals surface area contributed by atoms with E-state index in [1.54, 1.807) is 0 Å². The number of aromatic nitrogens is 2. The predicted octanol–water partition coefficient (Wildman–Crippen LogP) is 1.58. The van der Waals surface area contributed by atoms with Crippen molar-refractivity contribution >= 4 is 11.8 Å². The van der Waals surface area contributed by atoms with Crippen molar-refractivity contribution in [2.24, 2.45) is 5.92 Å². The molecule has 96 valence electrons. The summed E-state index contributed by atoms with van der Waals surface area (Å²) in [5.41, 5.74) is 5.62. The van der Waals surface area contributed by atoms with Gasteiger partial charge >= 0.3 is 0 Å². The lowest BCUT2D eigenvalue weighted by Crippen LogP contribution is -2.35. The first-order valence-electron chi connectivity index (χ1n) is 5.86. The molecule has 0 bridgehead atoms. The Kier molecular flexibility index (Phi) is 4.28. The van der Waals surface area contributed by atoms with Crippen molar-refractivity contribution in [2.75, 3.05) is 17.6 Å². The Hall–Kier alpha value is -1.36. The highest BCUT2D eigenvalue weighted by Gasteiger charge is 2.21. The van der Waals surface area contributed by atoms with E-state index < -0.39 is 5.60 Å². The number of hydrogen-bond acceptors (Lipinski definition) is 5. The van der Waals surface area contributed by atoms with E-state index in [-0.39, 0.29) is 5.95 Å². The number of nitrogen functional groups attached to an aromatic ring is 1. The van der Waals surface area contributed by atoms with Gasteiger partial charge in [-0.1, -0.05) is 13.8 Å². The molecule has 0 aliphatic rings. The van der Waals surface area contributed by atoms with Gasteiger partial charge < -0.3 is 16.2 Å². The molecule has 1 atom stereocenters. The standard InChI is InChI=1S/C12H22N4O/c1-8(2)6-12(4,17)7-14-10-5-9(3)15-11(13)16-10/h5,8,17H,6-7H2,1-4H3,(H3,13,14,15,16). The van der Waals surface area contributed by atoms with Gasteiger partial charge in [-0.2, -0.15) is 4.98 Å². The molecule has 0 radical (unpaired) electrons. The van der Waals surface area contributed by atoms with Crippen LogP contribution < -0.4 is 11.1 Å². The monoisotopic (exact) mass is 238 g/mol. The number of nitrogens with one attached hydrogen (secondary N) is 1. The SMILES string of the molecule is Cc1cc(NCC(C)(O)CC(C)C)nc(N)n1. The van der Waals surface area contributed by atoms with Gasteiger partial charge in [-0.25, -0.2) is 4.98 Å². The summed E-state index contributed by atoms with van der Waals surface area (Å²) < 4.78 is 0. The second-order valence-corrected chi connectivity index (χ2v) is 5.20. The average molecular weight is 238 g/mol. The number of anilines is 2. The Balaban J connectivity index is 2.60. The van der Waals surface area contributed by atoms with E-state index in [9.17, 15) is 5.11 Å². The lowest BCUT2D eigenvalue weighted by atomic mass is 9.94. The van der Waals surface area contributed by atoms with Crippen molar-refractivity contribution in [1.82, 2.24) is 9.97 Å². The second kappa shape index (κ2) is 5.31. The molecule has 4 N–H and O–H groups in total. The van der Waals surface area contributed by atoms with Crippen LogP contribution in [0.5, 0.6) is 0 Å². The molecule has 0 amide bonds. The molecule has 0 saturated heterocycles. The first-order chi connectivity index (χ1) is 7.78. The lowest BCUT2D eigenvalue weighted by molar-refractivity contribution is 0.0515. The van der Waals surface area contributed by atoms with Gasteiger partial charge in [0.15, 0.2) is 0 Å². The minimum Gasteiger partial charge on any atom is -0.388 e. The molecular weight excluding hydrogens is 216 g/mol. The summed E-state index contributed by atoms with van der Waals surface area (Å²) in [6, 6.07) is 1.81. The minimum atomic E-state index is -0.748. The second-order valence-electron chi connectivity index (χ2n) is 5.20. The van der Waals surface area contributed by atoms with Crippen LogP contribution in [0.2, 0.25) is 0 Å². The topological polar surface area (TPSA) is 84.1 Å².